The number of carbonyl (C=O) groups excluding carboxylic acids is 1. The van der Waals surface area contributed by atoms with Crippen molar-refractivity contribution in [2.24, 2.45) is 0 Å². The number of benzene rings is 1. The first-order valence-electron chi connectivity index (χ1n) is 7.26. The molecule has 0 spiro atoms. The third-order valence-electron chi connectivity index (χ3n) is 3.37. The second-order valence-electron chi connectivity index (χ2n) is 5.10. The minimum Gasteiger partial charge on any atom is -0.447 e. The lowest BCUT2D eigenvalue weighted by Gasteiger charge is -2.17. The summed E-state index contributed by atoms with van der Waals surface area (Å²) in [5, 5.41) is 0.851. The molecule has 0 saturated carbocycles. The van der Waals surface area contributed by atoms with Crippen molar-refractivity contribution in [1.82, 2.24) is 9.97 Å². The van der Waals surface area contributed by atoms with E-state index in [4.69, 9.17) is 4.74 Å². The molecule has 0 bridgehead atoms. The Kier molecular flexibility index (Phi) is 4.48. The smallest absolute Gasteiger partial charge is 0.351 e. The van der Waals surface area contributed by atoms with Gasteiger partial charge in [-0.3, -0.25) is 4.98 Å². The molecule has 0 aliphatic rings. The van der Waals surface area contributed by atoms with Crippen LogP contribution >= 0.6 is 11.3 Å². The lowest BCUT2D eigenvalue weighted by atomic mass is 10.1. The van der Waals surface area contributed by atoms with E-state index >= 15 is 0 Å². The van der Waals surface area contributed by atoms with Crippen LogP contribution in [0, 0.1) is 13.8 Å². The van der Waals surface area contributed by atoms with Gasteiger partial charge in [0.05, 0.1) is 16.4 Å². The zero-order valence-electron chi connectivity index (χ0n) is 12.9. The van der Waals surface area contributed by atoms with E-state index in [1.54, 1.807) is 6.20 Å². The highest BCUT2D eigenvalue weighted by Crippen LogP contribution is 2.27. The van der Waals surface area contributed by atoms with Crippen molar-refractivity contribution in [3.63, 3.8) is 0 Å². The Hall–Kier alpha value is -2.53. The van der Waals surface area contributed by atoms with Crippen LogP contribution in [0.3, 0.4) is 0 Å². The summed E-state index contributed by atoms with van der Waals surface area (Å²) in [5.41, 5.74) is 2.29. The number of rotatable bonds is 4. The van der Waals surface area contributed by atoms with Crippen LogP contribution in [0.4, 0.5) is 0 Å². The molecule has 23 heavy (non-hydrogen) atoms. The largest absolute Gasteiger partial charge is 0.447 e. The van der Waals surface area contributed by atoms with Gasteiger partial charge in [-0.1, -0.05) is 36.4 Å². The standard InChI is InChI=1S/C18H16N2O2S/c1-12-17(23-13(2)20-12)18(21)22-16(14-8-4-3-5-9-14)15-10-6-7-11-19-15/h3-11,16H,1-2H3/t16-/m0/s1. The maximum absolute atomic E-state index is 12.6. The Morgan fingerprint density at radius 1 is 1.09 bits per heavy atom. The number of esters is 1. The molecule has 3 rings (SSSR count). The average Bonchev–Trinajstić information content (AvgIpc) is 2.92. The Labute approximate surface area is 138 Å². The predicted octanol–water partition coefficient (Wildman–Crippen LogP) is 4.10. The third kappa shape index (κ3) is 3.46. The van der Waals surface area contributed by atoms with Crippen molar-refractivity contribution in [3.8, 4) is 0 Å². The number of carbonyl (C=O) groups is 1. The molecule has 4 nitrogen and oxygen atoms in total. The average molecular weight is 324 g/mol. The summed E-state index contributed by atoms with van der Waals surface area (Å²) >= 11 is 1.35. The molecular formula is C18H16N2O2S. The molecule has 0 radical (unpaired) electrons. The van der Waals surface area contributed by atoms with Gasteiger partial charge in [0.25, 0.3) is 0 Å². The maximum Gasteiger partial charge on any atom is 0.351 e. The molecule has 0 aliphatic heterocycles. The van der Waals surface area contributed by atoms with Crippen molar-refractivity contribution in [2.45, 2.75) is 20.0 Å². The lowest BCUT2D eigenvalue weighted by molar-refractivity contribution is 0.0375. The molecule has 1 atom stereocenters. The van der Waals surface area contributed by atoms with Gasteiger partial charge >= 0.3 is 5.97 Å². The van der Waals surface area contributed by atoms with E-state index in [-0.39, 0.29) is 5.97 Å². The first kappa shape index (κ1) is 15.4. The Bertz CT molecular complexity index is 761. The predicted molar refractivity (Wildman–Crippen MR) is 89.5 cm³/mol. The van der Waals surface area contributed by atoms with Gasteiger partial charge in [0.15, 0.2) is 6.10 Å². The van der Waals surface area contributed by atoms with Gasteiger partial charge in [-0.2, -0.15) is 0 Å². The molecule has 0 saturated heterocycles. The fourth-order valence-electron chi connectivity index (χ4n) is 2.34. The van der Waals surface area contributed by atoms with Crippen LogP contribution in [-0.4, -0.2) is 15.9 Å². The highest BCUT2D eigenvalue weighted by Gasteiger charge is 2.23. The number of nitrogens with zero attached hydrogens (tertiary/aromatic N) is 2. The SMILES string of the molecule is Cc1nc(C)c(C(=O)O[C@@H](c2ccccc2)c2ccccn2)s1. The Balaban J connectivity index is 1.93. The van der Waals surface area contributed by atoms with Gasteiger partial charge < -0.3 is 4.74 Å². The van der Waals surface area contributed by atoms with Gasteiger partial charge in [-0.15, -0.1) is 11.3 Å². The van der Waals surface area contributed by atoms with Crippen LogP contribution < -0.4 is 0 Å². The van der Waals surface area contributed by atoms with Crippen LogP contribution in [0.5, 0.6) is 0 Å². The number of aryl methyl sites for hydroxylation is 2. The topological polar surface area (TPSA) is 52.1 Å². The van der Waals surface area contributed by atoms with Crippen LogP contribution in [0.1, 0.15) is 37.7 Å². The van der Waals surface area contributed by atoms with Crippen molar-refractivity contribution in [2.75, 3.05) is 0 Å². The number of aromatic nitrogens is 2. The van der Waals surface area contributed by atoms with Gasteiger partial charge in [-0.25, -0.2) is 9.78 Å². The van der Waals surface area contributed by atoms with Gasteiger partial charge in [0.1, 0.15) is 4.88 Å². The summed E-state index contributed by atoms with van der Waals surface area (Å²) in [6.45, 7) is 3.69. The van der Waals surface area contributed by atoms with Crippen LogP contribution in [-0.2, 0) is 4.74 Å². The van der Waals surface area contributed by atoms with Gasteiger partial charge in [0, 0.05) is 6.20 Å². The van der Waals surface area contributed by atoms with Crippen molar-refractivity contribution in [3.05, 3.63) is 81.6 Å². The van der Waals surface area contributed by atoms with Gasteiger partial charge in [-0.05, 0) is 31.5 Å². The Morgan fingerprint density at radius 3 is 2.43 bits per heavy atom. The van der Waals surface area contributed by atoms with Crippen LogP contribution in [0.15, 0.2) is 54.7 Å². The second-order valence-corrected chi connectivity index (χ2v) is 6.30. The van der Waals surface area contributed by atoms with Crippen LogP contribution in [0.25, 0.3) is 0 Å². The quantitative estimate of drug-likeness (QED) is 0.678. The molecule has 0 aliphatic carbocycles. The van der Waals surface area contributed by atoms with E-state index in [1.165, 1.54) is 11.3 Å². The van der Waals surface area contributed by atoms with Crippen molar-refractivity contribution in [1.29, 1.82) is 0 Å². The van der Waals surface area contributed by atoms with Crippen molar-refractivity contribution < 1.29 is 9.53 Å². The normalized spacial score (nSPS) is 11.9. The monoisotopic (exact) mass is 324 g/mol. The molecule has 0 N–H and O–H groups in total. The number of thiazole rings is 1. The first-order chi connectivity index (χ1) is 11.1. The second kappa shape index (κ2) is 6.71. The zero-order chi connectivity index (χ0) is 16.2. The van der Waals surface area contributed by atoms with E-state index in [1.807, 2.05) is 62.4 Å². The summed E-state index contributed by atoms with van der Waals surface area (Å²) in [4.78, 5) is 21.7. The number of hydrogen-bond acceptors (Lipinski definition) is 5. The fourth-order valence-corrected chi connectivity index (χ4v) is 3.14. The zero-order valence-corrected chi connectivity index (χ0v) is 13.7. The molecule has 0 amide bonds. The minimum absolute atomic E-state index is 0.368. The third-order valence-corrected chi connectivity index (χ3v) is 4.43. The number of hydrogen-bond donors (Lipinski definition) is 0. The molecule has 2 aromatic heterocycles. The molecule has 5 heteroatoms. The number of pyridine rings is 1. The molecular weight excluding hydrogens is 308 g/mol. The molecule has 3 aromatic rings. The van der Waals surface area contributed by atoms with E-state index in [2.05, 4.69) is 9.97 Å². The van der Waals surface area contributed by atoms with E-state index in [9.17, 15) is 4.79 Å². The van der Waals surface area contributed by atoms with Gasteiger partial charge in [0.2, 0.25) is 0 Å². The molecule has 2 heterocycles. The Morgan fingerprint density at radius 2 is 1.83 bits per heavy atom. The lowest BCUT2D eigenvalue weighted by Crippen LogP contribution is -2.14. The molecule has 0 fully saturated rings. The summed E-state index contributed by atoms with van der Waals surface area (Å²) in [6.07, 6.45) is 1.16. The fraction of sp³-hybridized carbons (Fsp3) is 0.167. The summed E-state index contributed by atoms with van der Waals surface area (Å²) < 4.78 is 5.77. The summed E-state index contributed by atoms with van der Waals surface area (Å²) in [7, 11) is 0. The molecule has 116 valence electrons. The highest BCUT2D eigenvalue weighted by molar-refractivity contribution is 7.13. The molecule has 1 aromatic carbocycles. The van der Waals surface area contributed by atoms with Crippen molar-refractivity contribution >= 4 is 17.3 Å². The van der Waals surface area contributed by atoms with E-state index in [0.717, 1.165) is 10.6 Å². The minimum atomic E-state index is -0.535. The van der Waals surface area contributed by atoms with E-state index < -0.39 is 6.10 Å². The van der Waals surface area contributed by atoms with Crippen LogP contribution in [0.2, 0.25) is 0 Å². The maximum atomic E-state index is 12.6. The number of ether oxygens (including phenoxy) is 1. The summed E-state index contributed by atoms with van der Waals surface area (Å²) in [6, 6.07) is 15.2. The molecule has 0 unspecified atom stereocenters. The highest BCUT2D eigenvalue weighted by atomic mass is 32.1. The summed E-state index contributed by atoms with van der Waals surface area (Å²) in [5.74, 6) is -0.368. The first-order valence-corrected chi connectivity index (χ1v) is 8.07. The van der Waals surface area contributed by atoms with E-state index in [0.29, 0.717) is 16.3 Å².